The first-order chi connectivity index (χ1) is 9.95. The molecule has 1 aromatic rings. The van der Waals surface area contributed by atoms with Gasteiger partial charge >= 0.3 is 0 Å². The fourth-order valence-electron chi connectivity index (χ4n) is 1.61. The van der Waals surface area contributed by atoms with Gasteiger partial charge in [0, 0.05) is 32.3 Å². The molecule has 0 atom stereocenters. The molecule has 2 N–H and O–H groups in total. The molecule has 1 aromatic heterocycles. The van der Waals surface area contributed by atoms with Crippen molar-refractivity contribution >= 4 is 21.4 Å². The molecule has 0 aliphatic carbocycles. The first kappa shape index (κ1) is 18.6. The van der Waals surface area contributed by atoms with Crippen molar-refractivity contribution in [1.29, 1.82) is 0 Å². The van der Waals surface area contributed by atoms with Gasteiger partial charge in [0.2, 0.25) is 10.0 Å². The summed E-state index contributed by atoms with van der Waals surface area (Å²) in [5.41, 5.74) is 1.00. The third-order valence-corrected chi connectivity index (χ3v) is 5.66. The van der Waals surface area contributed by atoms with Gasteiger partial charge in [0.1, 0.15) is 4.21 Å². The smallest absolute Gasteiger partial charge is 0.250 e. The van der Waals surface area contributed by atoms with E-state index >= 15 is 0 Å². The van der Waals surface area contributed by atoms with Crippen LogP contribution in [0.15, 0.2) is 15.7 Å². The summed E-state index contributed by atoms with van der Waals surface area (Å²) in [5.74, 6) is 0. The first-order valence-electron chi connectivity index (χ1n) is 7.34. The molecule has 0 aliphatic heterocycles. The van der Waals surface area contributed by atoms with Gasteiger partial charge in [-0.15, -0.1) is 11.3 Å². The minimum absolute atomic E-state index is 0.373. The minimum atomic E-state index is -3.39. The maximum atomic E-state index is 12.1. The van der Waals surface area contributed by atoms with Crippen LogP contribution < -0.4 is 10.0 Å². The molecule has 0 saturated heterocycles. The average Bonchev–Trinajstić information content (AvgIpc) is 2.90. The summed E-state index contributed by atoms with van der Waals surface area (Å²) in [5, 5.41) is 5.16. The number of sulfonamides is 1. The summed E-state index contributed by atoms with van der Waals surface area (Å²) in [6.07, 6.45) is 1.67. The van der Waals surface area contributed by atoms with Gasteiger partial charge in [-0.2, -0.15) is 0 Å². The van der Waals surface area contributed by atoms with E-state index in [-0.39, 0.29) is 0 Å². The van der Waals surface area contributed by atoms with Crippen molar-refractivity contribution in [2.24, 2.45) is 0 Å². The van der Waals surface area contributed by atoms with E-state index in [9.17, 15) is 8.42 Å². The van der Waals surface area contributed by atoms with Crippen LogP contribution in [-0.2, 0) is 21.3 Å². The van der Waals surface area contributed by atoms with Crippen LogP contribution in [0, 0.1) is 0 Å². The Labute approximate surface area is 132 Å². The van der Waals surface area contributed by atoms with Gasteiger partial charge < -0.3 is 10.1 Å². The molecule has 1 rings (SSSR count). The summed E-state index contributed by atoms with van der Waals surface area (Å²) in [4.78, 5) is 0. The summed E-state index contributed by atoms with van der Waals surface area (Å²) in [6.45, 7) is 8.58. The Morgan fingerprint density at radius 3 is 2.76 bits per heavy atom. The molecule has 0 bridgehead atoms. The number of thiophene rings is 1. The van der Waals surface area contributed by atoms with E-state index in [0.29, 0.717) is 36.4 Å². The maximum absolute atomic E-state index is 12.1. The van der Waals surface area contributed by atoms with Crippen molar-refractivity contribution in [3.63, 3.8) is 0 Å². The van der Waals surface area contributed by atoms with Gasteiger partial charge in [-0.25, -0.2) is 13.1 Å². The lowest BCUT2D eigenvalue weighted by atomic mass is 10.3. The summed E-state index contributed by atoms with van der Waals surface area (Å²) >= 11 is 1.26. The molecule has 1 heterocycles. The van der Waals surface area contributed by atoms with Crippen LogP contribution in [0.5, 0.6) is 0 Å². The lowest BCUT2D eigenvalue weighted by Gasteiger charge is -2.06. The zero-order valence-electron chi connectivity index (χ0n) is 13.0. The monoisotopic (exact) mass is 334 g/mol. The number of nitrogens with one attached hydrogen (secondary N) is 2. The molecule has 21 heavy (non-hydrogen) atoms. The van der Waals surface area contributed by atoms with Crippen molar-refractivity contribution in [2.45, 2.75) is 50.4 Å². The van der Waals surface area contributed by atoms with E-state index in [4.69, 9.17) is 4.74 Å². The van der Waals surface area contributed by atoms with Crippen molar-refractivity contribution < 1.29 is 13.2 Å². The van der Waals surface area contributed by atoms with Crippen LogP contribution in [0.1, 0.15) is 39.2 Å². The van der Waals surface area contributed by atoms with E-state index in [1.54, 1.807) is 6.07 Å². The normalized spacial score (nSPS) is 12.2. The second-order valence-electron chi connectivity index (χ2n) is 5.17. The Balaban J connectivity index is 2.40. The van der Waals surface area contributed by atoms with Gasteiger partial charge in [0.25, 0.3) is 0 Å². The Morgan fingerprint density at radius 2 is 2.10 bits per heavy atom. The van der Waals surface area contributed by atoms with E-state index in [0.717, 1.165) is 18.6 Å². The van der Waals surface area contributed by atoms with E-state index in [2.05, 4.69) is 23.9 Å². The van der Waals surface area contributed by atoms with Crippen LogP contribution in [-0.4, -0.2) is 34.2 Å². The van der Waals surface area contributed by atoms with Crippen molar-refractivity contribution in [1.82, 2.24) is 10.0 Å². The van der Waals surface area contributed by atoms with Crippen LogP contribution in [0.2, 0.25) is 0 Å². The number of ether oxygens (including phenoxy) is 1. The number of rotatable bonds is 11. The zero-order valence-corrected chi connectivity index (χ0v) is 14.6. The molecule has 0 saturated carbocycles. The molecule has 0 aliphatic rings. The van der Waals surface area contributed by atoms with Crippen molar-refractivity contribution in [2.75, 3.05) is 19.8 Å². The predicted octanol–water partition coefficient (Wildman–Crippen LogP) is 2.34. The van der Waals surface area contributed by atoms with Gasteiger partial charge in [0.05, 0.1) is 0 Å². The third kappa shape index (κ3) is 7.37. The Hall–Kier alpha value is -0.470. The molecular formula is C14H26N2O3S2. The highest BCUT2D eigenvalue weighted by molar-refractivity contribution is 7.91. The average molecular weight is 335 g/mol. The van der Waals surface area contributed by atoms with Crippen LogP contribution in [0.25, 0.3) is 0 Å². The Bertz CT molecular complexity index is 498. The third-order valence-electron chi connectivity index (χ3n) is 2.71. The largest absolute Gasteiger partial charge is 0.381 e. The van der Waals surface area contributed by atoms with Gasteiger partial charge in [-0.3, -0.25) is 0 Å². The first-order valence-corrected chi connectivity index (χ1v) is 9.70. The SMILES string of the molecule is CCCOCCCNS(=O)(=O)c1cc(CNC(C)C)cs1. The van der Waals surface area contributed by atoms with Crippen LogP contribution >= 0.6 is 11.3 Å². The van der Waals surface area contributed by atoms with Crippen LogP contribution in [0.3, 0.4) is 0 Å². The summed E-state index contributed by atoms with van der Waals surface area (Å²) in [7, 11) is -3.39. The lowest BCUT2D eigenvalue weighted by molar-refractivity contribution is 0.133. The Morgan fingerprint density at radius 1 is 1.33 bits per heavy atom. The Kier molecular flexibility index (Phi) is 8.43. The lowest BCUT2D eigenvalue weighted by Crippen LogP contribution is -2.25. The molecule has 0 unspecified atom stereocenters. The van der Waals surface area contributed by atoms with E-state index < -0.39 is 10.0 Å². The van der Waals surface area contributed by atoms with E-state index in [1.807, 2.05) is 12.3 Å². The molecule has 122 valence electrons. The highest BCUT2D eigenvalue weighted by Crippen LogP contribution is 2.20. The molecular weight excluding hydrogens is 308 g/mol. The van der Waals surface area contributed by atoms with Crippen LogP contribution in [0.4, 0.5) is 0 Å². The summed E-state index contributed by atoms with van der Waals surface area (Å²) < 4.78 is 32.5. The molecule has 7 heteroatoms. The second kappa shape index (κ2) is 9.53. The molecule has 0 radical (unpaired) electrons. The standard InChI is InChI=1S/C14H26N2O3S2/c1-4-7-19-8-5-6-16-21(17,18)14-9-13(11-20-14)10-15-12(2)3/h9,11-12,15-16H,4-8,10H2,1-3H3. The fourth-order valence-corrected chi connectivity index (χ4v) is 3.94. The molecule has 0 aromatic carbocycles. The number of hydrogen-bond acceptors (Lipinski definition) is 5. The number of hydrogen-bond donors (Lipinski definition) is 2. The van der Waals surface area contributed by atoms with Gasteiger partial charge in [0.15, 0.2) is 0 Å². The topological polar surface area (TPSA) is 67.4 Å². The molecule has 5 nitrogen and oxygen atoms in total. The summed E-state index contributed by atoms with van der Waals surface area (Å²) in [6, 6.07) is 2.11. The van der Waals surface area contributed by atoms with Crippen molar-refractivity contribution in [3.8, 4) is 0 Å². The highest BCUT2D eigenvalue weighted by atomic mass is 32.2. The van der Waals surface area contributed by atoms with E-state index in [1.165, 1.54) is 11.3 Å². The molecule has 0 amide bonds. The van der Waals surface area contributed by atoms with Gasteiger partial charge in [-0.1, -0.05) is 20.8 Å². The van der Waals surface area contributed by atoms with Gasteiger partial charge in [-0.05, 0) is 29.9 Å². The molecule has 0 spiro atoms. The predicted molar refractivity (Wildman–Crippen MR) is 87.2 cm³/mol. The van der Waals surface area contributed by atoms with Crippen molar-refractivity contribution in [3.05, 3.63) is 17.0 Å². The minimum Gasteiger partial charge on any atom is -0.381 e. The highest BCUT2D eigenvalue weighted by Gasteiger charge is 2.16. The fraction of sp³-hybridized carbons (Fsp3) is 0.714. The quantitative estimate of drug-likeness (QED) is 0.610. The zero-order chi connectivity index (χ0) is 15.7. The molecule has 0 fully saturated rings. The maximum Gasteiger partial charge on any atom is 0.250 e. The second-order valence-corrected chi connectivity index (χ2v) is 8.08.